The average Bonchev–Trinajstić information content (AvgIpc) is 3.00. The van der Waals surface area contributed by atoms with Crippen molar-refractivity contribution in [1.29, 1.82) is 0 Å². The van der Waals surface area contributed by atoms with Crippen LogP contribution in [0.15, 0.2) is 29.1 Å². The maximum absolute atomic E-state index is 13.2. The van der Waals surface area contributed by atoms with Gasteiger partial charge in [0.15, 0.2) is 0 Å². The summed E-state index contributed by atoms with van der Waals surface area (Å²) in [5, 5.41) is 6.26. The van der Waals surface area contributed by atoms with Crippen molar-refractivity contribution >= 4 is 5.91 Å². The number of aromatic nitrogens is 3. The third-order valence-corrected chi connectivity index (χ3v) is 4.25. The number of carbonyl (C=O) groups excluding carboxylic acids is 1. The van der Waals surface area contributed by atoms with E-state index in [9.17, 15) is 18.4 Å². The molecule has 1 aliphatic rings. The van der Waals surface area contributed by atoms with Crippen molar-refractivity contribution in [1.82, 2.24) is 20.1 Å². The lowest BCUT2D eigenvalue weighted by atomic mass is 9.96. The fourth-order valence-corrected chi connectivity index (χ4v) is 2.95. The van der Waals surface area contributed by atoms with E-state index in [-0.39, 0.29) is 23.1 Å². The van der Waals surface area contributed by atoms with Crippen molar-refractivity contribution in [2.45, 2.75) is 31.6 Å². The first-order valence-corrected chi connectivity index (χ1v) is 7.77. The number of H-pyrrole nitrogens is 2. The Labute approximate surface area is 136 Å². The zero-order valence-corrected chi connectivity index (χ0v) is 13.2. The van der Waals surface area contributed by atoms with E-state index in [4.69, 9.17) is 0 Å². The Balaban J connectivity index is 1.73. The molecule has 1 amide bonds. The number of amides is 1. The molecule has 2 N–H and O–H groups in total. The van der Waals surface area contributed by atoms with Crippen LogP contribution in [0.5, 0.6) is 0 Å². The van der Waals surface area contributed by atoms with E-state index in [1.807, 2.05) is 0 Å². The monoisotopic (exact) mass is 336 g/mol. The second-order valence-corrected chi connectivity index (χ2v) is 6.12. The highest BCUT2D eigenvalue weighted by atomic mass is 19.3. The quantitative estimate of drug-likeness (QED) is 0.902. The smallest absolute Gasteiger partial charge is 0.338 e. The Hall–Kier alpha value is -2.51. The minimum Gasteiger partial charge on any atom is -0.338 e. The molecule has 0 bridgehead atoms. The number of carbonyl (C=O) groups is 1. The van der Waals surface area contributed by atoms with Crippen molar-refractivity contribution in [2.24, 2.45) is 0 Å². The lowest BCUT2D eigenvalue weighted by Crippen LogP contribution is -2.39. The number of likely N-dealkylation sites (tertiary alicyclic amines) is 1. The van der Waals surface area contributed by atoms with Crippen LogP contribution in [0.2, 0.25) is 0 Å². The van der Waals surface area contributed by atoms with Crippen LogP contribution in [-0.4, -0.2) is 39.1 Å². The number of aromatic amines is 2. The summed E-state index contributed by atoms with van der Waals surface area (Å²) in [6.07, 6.45) is 1.61. The molecule has 0 radical (unpaired) electrons. The third-order valence-electron chi connectivity index (χ3n) is 4.25. The van der Waals surface area contributed by atoms with Gasteiger partial charge in [-0.25, -0.2) is 18.7 Å². The summed E-state index contributed by atoms with van der Waals surface area (Å²) in [5.74, 6) is -2.63. The molecular weight excluding hydrogens is 318 g/mol. The topological polar surface area (TPSA) is 81.8 Å². The molecule has 2 heterocycles. The highest BCUT2D eigenvalue weighted by Crippen LogP contribution is 2.28. The van der Waals surface area contributed by atoms with Gasteiger partial charge in [-0.15, -0.1) is 0 Å². The van der Waals surface area contributed by atoms with E-state index in [1.54, 1.807) is 4.90 Å². The number of piperidine rings is 1. The third kappa shape index (κ3) is 3.37. The summed E-state index contributed by atoms with van der Waals surface area (Å²) >= 11 is 0. The Morgan fingerprint density at radius 1 is 1.33 bits per heavy atom. The summed E-state index contributed by atoms with van der Waals surface area (Å²) < 4.78 is 26.5. The molecule has 1 aromatic carbocycles. The first-order chi connectivity index (χ1) is 11.3. The molecule has 2 aromatic rings. The normalized spacial score (nSPS) is 18.6. The molecule has 128 valence electrons. The van der Waals surface area contributed by atoms with Gasteiger partial charge in [-0.2, -0.15) is 5.10 Å². The van der Waals surface area contributed by atoms with Crippen molar-refractivity contribution in [2.75, 3.05) is 13.1 Å². The maximum Gasteiger partial charge on any atom is 0.340 e. The average molecular weight is 336 g/mol. The molecule has 8 heteroatoms. The summed E-state index contributed by atoms with van der Waals surface area (Å²) in [6, 6.07) is 5.41. The Morgan fingerprint density at radius 2 is 2.04 bits per heavy atom. The fourth-order valence-electron chi connectivity index (χ4n) is 2.95. The van der Waals surface area contributed by atoms with E-state index in [0.29, 0.717) is 24.5 Å². The van der Waals surface area contributed by atoms with Crippen molar-refractivity contribution in [3.05, 3.63) is 51.7 Å². The standard InChI is InChI=1S/C16H18F2N4O2/c1-16(17,18)12-6-4-10(5-7-12)14(23)22-8-2-3-11(9-22)13-19-15(24)21-20-13/h4-7,11H,2-3,8-9H2,1H3,(H2,19,20,21,24). The molecule has 3 rings (SSSR count). The zero-order chi connectivity index (χ0) is 17.3. The van der Waals surface area contributed by atoms with Gasteiger partial charge < -0.3 is 4.90 Å². The molecule has 1 unspecified atom stereocenters. The fraction of sp³-hybridized carbons (Fsp3) is 0.438. The SMILES string of the molecule is CC(F)(F)c1ccc(C(=O)N2CCCC(c3n[nH]c(=O)[nH]3)C2)cc1. The molecule has 1 aliphatic heterocycles. The predicted octanol–water partition coefficient (Wildman–Crippen LogP) is 2.23. The molecule has 0 saturated carbocycles. The minimum atomic E-state index is -2.93. The van der Waals surface area contributed by atoms with Crippen LogP contribution in [0, 0.1) is 0 Å². The summed E-state index contributed by atoms with van der Waals surface area (Å²) in [7, 11) is 0. The Bertz CT molecular complexity index is 776. The van der Waals surface area contributed by atoms with Crippen LogP contribution in [-0.2, 0) is 5.92 Å². The van der Waals surface area contributed by atoms with E-state index < -0.39 is 5.92 Å². The van der Waals surface area contributed by atoms with E-state index in [0.717, 1.165) is 19.8 Å². The largest absolute Gasteiger partial charge is 0.340 e. The molecule has 6 nitrogen and oxygen atoms in total. The van der Waals surface area contributed by atoms with Gasteiger partial charge in [0.25, 0.3) is 11.8 Å². The minimum absolute atomic E-state index is 0.0408. The molecule has 1 atom stereocenters. The number of nitrogens with one attached hydrogen (secondary N) is 2. The number of hydrogen-bond donors (Lipinski definition) is 2. The number of alkyl halides is 2. The summed E-state index contributed by atoms with van der Waals surface area (Å²) in [6.45, 7) is 1.85. The molecule has 1 aromatic heterocycles. The van der Waals surface area contributed by atoms with Crippen molar-refractivity contribution < 1.29 is 13.6 Å². The molecule has 0 aliphatic carbocycles. The second-order valence-electron chi connectivity index (χ2n) is 6.12. The summed E-state index contributed by atoms with van der Waals surface area (Å²) in [5.41, 5.74) is -0.117. The first kappa shape index (κ1) is 16.4. The van der Waals surface area contributed by atoms with E-state index >= 15 is 0 Å². The number of hydrogen-bond acceptors (Lipinski definition) is 3. The van der Waals surface area contributed by atoms with Gasteiger partial charge in [0.1, 0.15) is 5.82 Å². The van der Waals surface area contributed by atoms with E-state index in [1.165, 1.54) is 24.3 Å². The van der Waals surface area contributed by atoms with Gasteiger partial charge in [-0.3, -0.25) is 9.78 Å². The van der Waals surface area contributed by atoms with Gasteiger partial charge in [0.05, 0.1) is 0 Å². The zero-order valence-electron chi connectivity index (χ0n) is 13.2. The van der Waals surface area contributed by atoms with Gasteiger partial charge in [0, 0.05) is 37.1 Å². The summed E-state index contributed by atoms with van der Waals surface area (Å²) in [4.78, 5) is 28.0. The van der Waals surface area contributed by atoms with E-state index in [2.05, 4.69) is 15.2 Å². The second kappa shape index (κ2) is 6.18. The lowest BCUT2D eigenvalue weighted by Gasteiger charge is -2.31. The number of halogens is 2. The van der Waals surface area contributed by atoms with Crippen LogP contribution >= 0.6 is 0 Å². The van der Waals surface area contributed by atoms with Crippen LogP contribution in [0.25, 0.3) is 0 Å². The first-order valence-electron chi connectivity index (χ1n) is 7.77. The van der Waals surface area contributed by atoms with Crippen LogP contribution in [0.3, 0.4) is 0 Å². The number of nitrogens with zero attached hydrogens (tertiary/aromatic N) is 2. The Morgan fingerprint density at radius 3 is 2.62 bits per heavy atom. The highest BCUT2D eigenvalue weighted by molar-refractivity contribution is 5.94. The van der Waals surface area contributed by atoms with Gasteiger partial charge >= 0.3 is 5.69 Å². The molecule has 1 saturated heterocycles. The van der Waals surface area contributed by atoms with Crippen molar-refractivity contribution in [3.8, 4) is 0 Å². The Kier molecular flexibility index (Phi) is 4.21. The molecule has 1 fully saturated rings. The lowest BCUT2D eigenvalue weighted by molar-refractivity contribution is 0.0174. The van der Waals surface area contributed by atoms with Crippen molar-refractivity contribution in [3.63, 3.8) is 0 Å². The predicted molar refractivity (Wildman–Crippen MR) is 83.1 cm³/mol. The van der Waals surface area contributed by atoms with Gasteiger partial charge in [-0.1, -0.05) is 12.1 Å². The van der Waals surface area contributed by atoms with Gasteiger partial charge in [-0.05, 0) is 25.0 Å². The molecule has 24 heavy (non-hydrogen) atoms. The highest BCUT2D eigenvalue weighted by Gasteiger charge is 2.28. The van der Waals surface area contributed by atoms with Crippen LogP contribution in [0.1, 0.15) is 47.4 Å². The van der Waals surface area contributed by atoms with Gasteiger partial charge in [0.2, 0.25) is 0 Å². The van der Waals surface area contributed by atoms with Crippen LogP contribution in [0.4, 0.5) is 8.78 Å². The maximum atomic E-state index is 13.2. The van der Waals surface area contributed by atoms with Crippen LogP contribution < -0.4 is 5.69 Å². The molecule has 0 spiro atoms. The molecular formula is C16H18F2N4O2. The number of rotatable bonds is 3. The number of benzene rings is 1.